The highest BCUT2D eigenvalue weighted by Crippen LogP contribution is 2.25. The molecule has 0 atom stereocenters. The molecule has 7 nitrogen and oxygen atoms in total. The fourth-order valence-electron chi connectivity index (χ4n) is 3.82. The first-order valence-electron chi connectivity index (χ1n) is 11.2. The Morgan fingerprint density at radius 3 is 2.44 bits per heavy atom. The number of imidazole rings is 1. The van der Waals surface area contributed by atoms with Gasteiger partial charge in [-0.15, -0.1) is 5.10 Å². The third-order valence-electron chi connectivity index (χ3n) is 5.72. The van der Waals surface area contributed by atoms with Crippen molar-refractivity contribution in [2.45, 2.75) is 33.9 Å². The normalized spacial score (nSPS) is 11.5. The lowest BCUT2D eigenvalue weighted by Gasteiger charge is -2.02. The molecule has 3 heterocycles. The van der Waals surface area contributed by atoms with Crippen molar-refractivity contribution in [2.75, 3.05) is 0 Å². The Balaban J connectivity index is 1.32. The molecule has 7 heteroatoms. The zero-order chi connectivity index (χ0) is 23.5. The molecule has 0 amide bonds. The van der Waals surface area contributed by atoms with Crippen molar-refractivity contribution in [3.63, 3.8) is 0 Å². The summed E-state index contributed by atoms with van der Waals surface area (Å²) in [5.74, 6) is 0. The second-order valence-electron chi connectivity index (χ2n) is 8.50. The van der Waals surface area contributed by atoms with Gasteiger partial charge in [-0.05, 0) is 38.0 Å². The van der Waals surface area contributed by atoms with Crippen molar-refractivity contribution >= 4 is 11.9 Å². The van der Waals surface area contributed by atoms with E-state index >= 15 is 0 Å². The predicted octanol–water partition coefficient (Wildman–Crippen LogP) is 5.12. The molecular weight excluding hydrogens is 424 g/mol. The van der Waals surface area contributed by atoms with Gasteiger partial charge in [-0.3, -0.25) is 4.40 Å². The molecule has 0 N–H and O–H groups in total. The average molecular weight is 451 g/mol. The number of aryl methyl sites for hydroxylation is 3. The van der Waals surface area contributed by atoms with E-state index in [1.54, 1.807) is 10.9 Å². The first kappa shape index (κ1) is 21.6. The Morgan fingerprint density at radius 1 is 0.941 bits per heavy atom. The topological polar surface area (TPSA) is 69.6 Å². The van der Waals surface area contributed by atoms with Crippen LogP contribution in [-0.2, 0) is 18.0 Å². The van der Waals surface area contributed by atoms with Gasteiger partial charge < -0.3 is 4.84 Å². The van der Waals surface area contributed by atoms with Crippen molar-refractivity contribution in [2.24, 2.45) is 5.16 Å². The summed E-state index contributed by atoms with van der Waals surface area (Å²) in [4.78, 5) is 10.5. The van der Waals surface area contributed by atoms with Crippen LogP contribution in [0.2, 0.25) is 0 Å². The van der Waals surface area contributed by atoms with E-state index in [9.17, 15) is 0 Å². The van der Waals surface area contributed by atoms with Crippen molar-refractivity contribution in [1.82, 2.24) is 24.4 Å². The highest BCUT2D eigenvalue weighted by molar-refractivity contribution is 5.89. The van der Waals surface area contributed by atoms with Crippen LogP contribution in [0.3, 0.4) is 0 Å². The van der Waals surface area contributed by atoms with E-state index in [4.69, 9.17) is 9.82 Å². The smallest absolute Gasteiger partial charge is 0.162 e. The molecule has 2 aromatic carbocycles. The maximum absolute atomic E-state index is 5.57. The van der Waals surface area contributed by atoms with E-state index in [2.05, 4.69) is 90.8 Å². The molecule has 0 unspecified atom stereocenters. The number of rotatable bonds is 7. The van der Waals surface area contributed by atoms with Gasteiger partial charge in [-0.25, -0.2) is 9.67 Å². The van der Waals surface area contributed by atoms with Gasteiger partial charge >= 0.3 is 0 Å². The van der Waals surface area contributed by atoms with Crippen molar-refractivity contribution in [1.29, 1.82) is 0 Å². The molecule has 170 valence electrons. The second-order valence-corrected chi connectivity index (χ2v) is 8.50. The van der Waals surface area contributed by atoms with Crippen LogP contribution >= 0.6 is 0 Å². The number of benzene rings is 2. The fraction of sp³-hybridized carbons (Fsp3) is 0.185. The summed E-state index contributed by atoms with van der Waals surface area (Å²) in [6, 6.07) is 20.8. The molecule has 0 bridgehead atoms. The third kappa shape index (κ3) is 4.59. The molecule has 34 heavy (non-hydrogen) atoms. The lowest BCUT2D eigenvalue weighted by molar-refractivity contribution is 0.129. The van der Waals surface area contributed by atoms with Gasteiger partial charge in [0.05, 0.1) is 30.3 Å². The summed E-state index contributed by atoms with van der Waals surface area (Å²) >= 11 is 0. The Bertz CT molecular complexity index is 1450. The first-order chi connectivity index (χ1) is 16.6. The maximum Gasteiger partial charge on any atom is 0.162 e. The fourth-order valence-corrected chi connectivity index (χ4v) is 3.82. The molecule has 0 aliphatic heterocycles. The maximum atomic E-state index is 5.57. The van der Waals surface area contributed by atoms with E-state index in [1.165, 1.54) is 16.7 Å². The van der Waals surface area contributed by atoms with Gasteiger partial charge in [0.25, 0.3) is 0 Å². The lowest BCUT2D eigenvalue weighted by Crippen LogP contribution is -2.00. The highest BCUT2D eigenvalue weighted by Gasteiger charge is 2.14. The summed E-state index contributed by atoms with van der Waals surface area (Å²) < 4.78 is 3.84. The van der Waals surface area contributed by atoms with E-state index < -0.39 is 0 Å². The molecule has 0 radical (unpaired) electrons. The van der Waals surface area contributed by atoms with Gasteiger partial charge in [0, 0.05) is 11.8 Å². The van der Waals surface area contributed by atoms with Gasteiger partial charge in [0.2, 0.25) is 0 Å². The minimum absolute atomic E-state index is 0.236. The number of hydrogen-bond acceptors (Lipinski definition) is 5. The van der Waals surface area contributed by atoms with E-state index in [-0.39, 0.29) is 6.61 Å². The first-order valence-corrected chi connectivity index (χ1v) is 11.2. The molecular formula is C27H26N6O. The number of pyridine rings is 1. The van der Waals surface area contributed by atoms with Crippen LogP contribution in [0.4, 0.5) is 0 Å². The van der Waals surface area contributed by atoms with Crippen LogP contribution in [0.25, 0.3) is 16.9 Å². The van der Waals surface area contributed by atoms with Crippen molar-refractivity contribution < 1.29 is 4.84 Å². The number of fused-ring (bicyclic) bond motifs is 1. The van der Waals surface area contributed by atoms with Gasteiger partial charge in [0.15, 0.2) is 6.61 Å². The van der Waals surface area contributed by atoms with Crippen LogP contribution in [-0.4, -0.2) is 30.6 Å². The molecule has 0 spiro atoms. The molecule has 0 aliphatic carbocycles. The van der Waals surface area contributed by atoms with Gasteiger partial charge in [-0.1, -0.05) is 76.1 Å². The van der Waals surface area contributed by atoms with Crippen LogP contribution < -0.4 is 0 Å². The summed E-state index contributed by atoms with van der Waals surface area (Å²) in [6.45, 7) is 7.11. The SMILES string of the molecule is Cc1ccc(Cn2cc(CO/N=C/c3c(-c4ccc(C)cc4)nc4c(C)cccn34)nn2)cc1. The quantitative estimate of drug-likeness (QED) is 0.255. The predicted molar refractivity (Wildman–Crippen MR) is 133 cm³/mol. The molecule has 5 aromatic rings. The molecule has 5 rings (SSSR count). The summed E-state index contributed by atoms with van der Waals surface area (Å²) in [5.41, 5.74) is 9.11. The Morgan fingerprint density at radius 2 is 1.68 bits per heavy atom. The number of nitrogens with zero attached hydrogens (tertiary/aromatic N) is 6. The number of oxime groups is 1. The van der Waals surface area contributed by atoms with E-state index in [0.717, 1.165) is 33.9 Å². The summed E-state index contributed by atoms with van der Waals surface area (Å²) in [5, 5.41) is 12.6. The average Bonchev–Trinajstić information content (AvgIpc) is 3.44. The zero-order valence-electron chi connectivity index (χ0n) is 19.5. The Kier molecular flexibility index (Phi) is 5.91. The Labute approximate surface area is 198 Å². The van der Waals surface area contributed by atoms with Crippen LogP contribution in [0.1, 0.15) is 33.6 Å². The third-order valence-corrected chi connectivity index (χ3v) is 5.72. The lowest BCUT2D eigenvalue weighted by atomic mass is 10.1. The van der Waals surface area contributed by atoms with Crippen LogP contribution in [0, 0.1) is 20.8 Å². The molecule has 0 saturated carbocycles. The molecule has 0 saturated heterocycles. The minimum Gasteiger partial charge on any atom is -0.389 e. The summed E-state index contributed by atoms with van der Waals surface area (Å²) in [7, 11) is 0. The van der Waals surface area contributed by atoms with Gasteiger partial charge in [0.1, 0.15) is 11.3 Å². The van der Waals surface area contributed by atoms with E-state index in [0.29, 0.717) is 6.54 Å². The molecule has 0 aliphatic rings. The number of aromatic nitrogens is 5. The van der Waals surface area contributed by atoms with E-state index in [1.807, 2.05) is 22.9 Å². The largest absolute Gasteiger partial charge is 0.389 e. The Hall–Kier alpha value is -4.26. The second kappa shape index (κ2) is 9.31. The molecule has 0 fully saturated rings. The highest BCUT2D eigenvalue weighted by atomic mass is 16.6. The van der Waals surface area contributed by atoms with Crippen LogP contribution in [0.5, 0.6) is 0 Å². The van der Waals surface area contributed by atoms with Gasteiger partial charge in [-0.2, -0.15) is 0 Å². The minimum atomic E-state index is 0.236. The monoisotopic (exact) mass is 450 g/mol. The van der Waals surface area contributed by atoms with Crippen LogP contribution in [0.15, 0.2) is 78.2 Å². The standard InChI is InChI=1S/C27H26N6O/c1-19-6-10-22(11-7-19)16-32-17-24(30-31-32)18-34-28-15-25-26(23-12-8-20(2)9-13-23)29-27-21(3)5-4-14-33(25)27/h4-15,17H,16,18H2,1-3H3/b28-15+. The summed E-state index contributed by atoms with van der Waals surface area (Å²) in [6.07, 6.45) is 5.58. The van der Waals surface area contributed by atoms with Crippen molar-refractivity contribution in [3.05, 3.63) is 107 Å². The zero-order valence-corrected chi connectivity index (χ0v) is 19.5. The number of hydrogen-bond donors (Lipinski definition) is 0. The molecule has 3 aromatic heterocycles. The van der Waals surface area contributed by atoms with Crippen molar-refractivity contribution in [3.8, 4) is 11.3 Å².